The third-order valence-electron chi connectivity index (χ3n) is 8.67. The third-order valence-corrected chi connectivity index (χ3v) is 8.67. The molecule has 1 aliphatic heterocycles. The van der Waals surface area contributed by atoms with Crippen molar-refractivity contribution in [2.45, 2.75) is 71.1 Å². The van der Waals surface area contributed by atoms with Crippen LogP contribution in [-0.4, -0.2) is 31.7 Å². The fraction of sp³-hybridized carbons (Fsp3) is 0.586. The molecule has 4 atom stereocenters. The average molecular weight is 451 g/mol. The minimum absolute atomic E-state index is 0.0286. The average Bonchev–Trinajstić information content (AvgIpc) is 3.32. The van der Waals surface area contributed by atoms with E-state index in [1.165, 1.54) is 17.5 Å². The molecule has 0 N–H and O–H groups in total. The third kappa shape index (κ3) is 4.27. The van der Waals surface area contributed by atoms with Crippen LogP contribution in [0, 0.1) is 16.7 Å². The van der Waals surface area contributed by atoms with Gasteiger partial charge in [-0.05, 0) is 42.7 Å². The van der Waals surface area contributed by atoms with Gasteiger partial charge >= 0.3 is 0 Å². The molecule has 2 aromatic rings. The maximum atomic E-state index is 6.67. The minimum Gasteiger partial charge on any atom is -0.376 e. The highest BCUT2D eigenvalue weighted by molar-refractivity contribution is 5.15. The largest absolute Gasteiger partial charge is 0.376 e. The van der Waals surface area contributed by atoms with E-state index < -0.39 is 5.79 Å². The lowest BCUT2D eigenvalue weighted by atomic mass is 9.48. The summed E-state index contributed by atoms with van der Waals surface area (Å²) in [4.78, 5) is 0. The first-order valence-electron chi connectivity index (χ1n) is 12.6. The van der Waals surface area contributed by atoms with E-state index in [2.05, 4.69) is 68.4 Å². The maximum absolute atomic E-state index is 6.67. The van der Waals surface area contributed by atoms with E-state index >= 15 is 0 Å². The van der Waals surface area contributed by atoms with Crippen molar-refractivity contribution in [2.24, 2.45) is 16.7 Å². The Balaban J connectivity index is 1.38. The molecule has 0 unspecified atom stereocenters. The van der Waals surface area contributed by atoms with E-state index in [1.807, 2.05) is 6.07 Å². The van der Waals surface area contributed by atoms with E-state index in [4.69, 9.17) is 18.9 Å². The maximum Gasteiger partial charge on any atom is 0.174 e. The molecule has 3 aliphatic rings. The quantitative estimate of drug-likeness (QED) is 0.508. The van der Waals surface area contributed by atoms with E-state index in [-0.39, 0.29) is 16.9 Å². The summed E-state index contributed by atoms with van der Waals surface area (Å²) >= 11 is 0. The van der Waals surface area contributed by atoms with Gasteiger partial charge in [-0.2, -0.15) is 0 Å². The van der Waals surface area contributed by atoms with E-state index in [9.17, 15) is 0 Å². The molecule has 0 bridgehead atoms. The number of hydrogen-bond acceptors (Lipinski definition) is 4. The Morgan fingerprint density at radius 2 is 1.45 bits per heavy atom. The van der Waals surface area contributed by atoms with Gasteiger partial charge in [0.2, 0.25) is 0 Å². The first-order chi connectivity index (χ1) is 16.1. The molecule has 2 saturated carbocycles. The fourth-order valence-corrected chi connectivity index (χ4v) is 6.95. The zero-order valence-corrected chi connectivity index (χ0v) is 20.1. The van der Waals surface area contributed by atoms with Crippen molar-refractivity contribution in [3.8, 4) is 0 Å². The zero-order valence-electron chi connectivity index (χ0n) is 20.1. The Morgan fingerprint density at radius 1 is 0.818 bits per heavy atom. The van der Waals surface area contributed by atoms with Crippen LogP contribution in [0.3, 0.4) is 0 Å². The molecule has 178 valence electrons. The van der Waals surface area contributed by atoms with Gasteiger partial charge in [-0.3, -0.25) is 0 Å². The molecule has 4 nitrogen and oxygen atoms in total. The SMILES string of the molecule is C[C@@]1(COCc2ccccc2)[C@@H](OCc2ccccc2)CC[C@@]2(C)[C@H]1CCCC21OCCO1. The van der Waals surface area contributed by atoms with Gasteiger partial charge in [0.05, 0.1) is 39.1 Å². The van der Waals surface area contributed by atoms with Crippen molar-refractivity contribution in [3.63, 3.8) is 0 Å². The Kier molecular flexibility index (Phi) is 6.63. The lowest BCUT2D eigenvalue weighted by Crippen LogP contribution is -2.64. The molecule has 0 radical (unpaired) electrons. The summed E-state index contributed by atoms with van der Waals surface area (Å²) in [5.74, 6) is -0.0248. The van der Waals surface area contributed by atoms with Gasteiger partial charge < -0.3 is 18.9 Å². The molecule has 1 heterocycles. The van der Waals surface area contributed by atoms with Crippen molar-refractivity contribution >= 4 is 0 Å². The first-order valence-corrected chi connectivity index (χ1v) is 12.6. The van der Waals surface area contributed by atoms with Crippen LogP contribution in [0.5, 0.6) is 0 Å². The predicted molar refractivity (Wildman–Crippen MR) is 129 cm³/mol. The van der Waals surface area contributed by atoms with Gasteiger partial charge in [-0.1, -0.05) is 74.5 Å². The van der Waals surface area contributed by atoms with Gasteiger partial charge in [0, 0.05) is 17.3 Å². The van der Waals surface area contributed by atoms with Gasteiger partial charge in [0.25, 0.3) is 0 Å². The first kappa shape index (κ1) is 23.0. The van der Waals surface area contributed by atoms with Crippen LogP contribution in [0.2, 0.25) is 0 Å². The van der Waals surface area contributed by atoms with Crippen LogP contribution in [0.4, 0.5) is 0 Å². The normalized spacial score (nSPS) is 33.2. The Hall–Kier alpha value is -1.72. The van der Waals surface area contributed by atoms with Crippen LogP contribution in [0.25, 0.3) is 0 Å². The molecular formula is C29H38O4. The second-order valence-corrected chi connectivity index (χ2v) is 10.6. The molecule has 0 amide bonds. The topological polar surface area (TPSA) is 36.9 Å². The monoisotopic (exact) mass is 450 g/mol. The molecule has 2 aliphatic carbocycles. The molecular weight excluding hydrogens is 412 g/mol. The number of benzene rings is 2. The summed E-state index contributed by atoms with van der Waals surface area (Å²) in [5, 5.41) is 0. The molecule has 2 aromatic carbocycles. The molecule has 1 saturated heterocycles. The Labute approximate surface area is 198 Å². The lowest BCUT2D eigenvalue weighted by molar-refractivity contribution is -0.309. The molecule has 0 aromatic heterocycles. The number of hydrogen-bond donors (Lipinski definition) is 0. The van der Waals surface area contributed by atoms with E-state index in [1.54, 1.807) is 0 Å². The molecule has 4 heteroatoms. The van der Waals surface area contributed by atoms with Crippen LogP contribution in [0.1, 0.15) is 57.1 Å². The van der Waals surface area contributed by atoms with E-state index in [0.717, 1.165) is 25.7 Å². The van der Waals surface area contributed by atoms with Gasteiger partial charge in [-0.25, -0.2) is 0 Å². The zero-order chi connectivity index (χ0) is 22.8. The summed E-state index contributed by atoms with van der Waals surface area (Å²) < 4.78 is 25.9. The van der Waals surface area contributed by atoms with Crippen LogP contribution < -0.4 is 0 Å². The van der Waals surface area contributed by atoms with Crippen LogP contribution in [0.15, 0.2) is 60.7 Å². The number of rotatable bonds is 7. The van der Waals surface area contributed by atoms with Crippen molar-refractivity contribution in [2.75, 3.05) is 19.8 Å². The van der Waals surface area contributed by atoms with Gasteiger partial charge in [0.1, 0.15) is 0 Å². The highest BCUT2D eigenvalue weighted by Gasteiger charge is 2.65. The minimum atomic E-state index is -0.443. The second-order valence-electron chi connectivity index (χ2n) is 10.6. The second kappa shape index (κ2) is 9.50. The highest BCUT2D eigenvalue weighted by atomic mass is 16.7. The van der Waals surface area contributed by atoms with Crippen LogP contribution in [-0.2, 0) is 32.2 Å². The summed E-state index contributed by atoms with van der Waals surface area (Å²) in [6.45, 7) is 8.16. The standard InChI is InChI=1S/C29H38O4/c1-27(22-30-20-23-10-5-3-6-11-23)25-14-9-16-29(32-18-19-33-29)28(25,2)17-15-26(27)31-21-24-12-7-4-8-13-24/h3-8,10-13,25-26H,9,14-22H2,1-2H3/t25-,26-,27-,28-/m0/s1. The fourth-order valence-electron chi connectivity index (χ4n) is 6.95. The summed E-state index contributed by atoms with van der Waals surface area (Å²) in [5.41, 5.74) is 2.29. The number of fused-ring (bicyclic) bond motifs is 2. The van der Waals surface area contributed by atoms with Crippen molar-refractivity contribution in [3.05, 3.63) is 71.8 Å². The Bertz CT molecular complexity index is 894. The molecule has 1 spiro atoms. The summed E-state index contributed by atoms with van der Waals surface area (Å²) in [7, 11) is 0. The number of ether oxygens (including phenoxy) is 4. The van der Waals surface area contributed by atoms with Gasteiger partial charge in [0.15, 0.2) is 5.79 Å². The Morgan fingerprint density at radius 3 is 2.12 bits per heavy atom. The summed E-state index contributed by atoms with van der Waals surface area (Å²) in [6, 6.07) is 21.0. The smallest absolute Gasteiger partial charge is 0.174 e. The predicted octanol–water partition coefficient (Wildman–Crippen LogP) is 6.14. The lowest BCUT2D eigenvalue weighted by Gasteiger charge is -2.62. The molecule has 33 heavy (non-hydrogen) atoms. The van der Waals surface area contributed by atoms with Gasteiger partial charge in [-0.15, -0.1) is 0 Å². The van der Waals surface area contributed by atoms with Crippen molar-refractivity contribution < 1.29 is 18.9 Å². The van der Waals surface area contributed by atoms with Crippen molar-refractivity contribution in [1.29, 1.82) is 0 Å². The molecule has 3 fully saturated rings. The van der Waals surface area contributed by atoms with Crippen LogP contribution >= 0.6 is 0 Å². The summed E-state index contributed by atoms with van der Waals surface area (Å²) in [6.07, 6.45) is 5.49. The van der Waals surface area contributed by atoms with Crippen molar-refractivity contribution in [1.82, 2.24) is 0 Å². The highest BCUT2D eigenvalue weighted by Crippen LogP contribution is 2.64. The molecule has 5 rings (SSSR count). The van der Waals surface area contributed by atoms with E-state index in [0.29, 0.717) is 39.0 Å².